The van der Waals surface area contributed by atoms with E-state index in [0.717, 1.165) is 37.8 Å². The Bertz CT molecular complexity index is 1140. The van der Waals surface area contributed by atoms with Crippen LogP contribution in [0.5, 0.6) is 0 Å². The van der Waals surface area contributed by atoms with E-state index >= 15 is 0 Å². The minimum atomic E-state index is -0.337. The lowest BCUT2D eigenvalue weighted by Crippen LogP contribution is -2.10. The van der Waals surface area contributed by atoms with Crippen LogP contribution in [0.3, 0.4) is 0 Å². The zero-order valence-corrected chi connectivity index (χ0v) is 16.9. The van der Waals surface area contributed by atoms with Crippen molar-refractivity contribution in [1.82, 2.24) is 4.98 Å². The van der Waals surface area contributed by atoms with Gasteiger partial charge in [0.15, 0.2) is 0 Å². The Balaban J connectivity index is 1.75. The Morgan fingerprint density at radius 2 is 1.61 bits per heavy atom. The Morgan fingerprint density at radius 3 is 2.36 bits per heavy atom. The average molecular weight is 432 g/mol. The molecule has 4 heteroatoms. The van der Waals surface area contributed by atoms with Crippen LogP contribution in [-0.4, -0.2) is 11.0 Å². The predicted molar refractivity (Wildman–Crippen MR) is 115 cm³/mol. The minimum Gasteiger partial charge on any atom is -0.457 e. The second-order valence-corrected chi connectivity index (χ2v) is 7.46. The monoisotopic (exact) mass is 431 g/mol. The van der Waals surface area contributed by atoms with Crippen molar-refractivity contribution in [2.75, 3.05) is 0 Å². The third-order valence-corrected chi connectivity index (χ3v) is 5.20. The molecule has 1 aromatic heterocycles. The Labute approximate surface area is 172 Å². The molecule has 4 aromatic rings. The molecule has 0 aliphatic carbocycles. The number of hydrogen-bond donors (Lipinski definition) is 0. The summed E-state index contributed by atoms with van der Waals surface area (Å²) in [5.74, 6) is -0.337. The Kier molecular flexibility index (Phi) is 5.22. The highest BCUT2D eigenvalue weighted by Crippen LogP contribution is 2.30. The van der Waals surface area contributed by atoms with Gasteiger partial charge in [0, 0.05) is 15.4 Å². The first kappa shape index (κ1) is 18.4. The number of carbonyl (C=O) groups is 1. The Morgan fingerprint density at radius 1 is 0.929 bits per heavy atom. The van der Waals surface area contributed by atoms with E-state index in [1.165, 1.54) is 0 Å². The molecule has 0 atom stereocenters. The zero-order valence-electron chi connectivity index (χ0n) is 15.4. The molecule has 138 valence electrons. The molecule has 0 saturated carbocycles. The first-order chi connectivity index (χ1) is 13.6. The summed E-state index contributed by atoms with van der Waals surface area (Å²) in [4.78, 5) is 17.8. The van der Waals surface area contributed by atoms with Gasteiger partial charge >= 0.3 is 5.97 Å². The molecule has 0 amide bonds. The molecule has 0 saturated heterocycles. The lowest BCUT2D eigenvalue weighted by molar-refractivity contribution is 0.0474. The summed E-state index contributed by atoms with van der Waals surface area (Å²) in [6, 6.07) is 25.3. The van der Waals surface area contributed by atoms with Crippen LogP contribution in [0, 0.1) is 6.92 Å². The highest BCUT2D eigenvalue weighted by molar-refractivity contribution is 9.10. The van der Waals surface area contributed by atoms with Crippen LogP contribution < -0.4 is 0 Å². The highest BCUT2D eigenvalue weighted by atomic mass is 79.9. The molecular weight excluding hydrogens is 414 g/mol. The molecule has 0 spiro atoms. The first-order valence-corrected chi connectivity index (χ1v) is 9.79. The van der Waals surface area contributed by atoms with Crippen molar-refractivity contribution < 1.29 is 9.53 Å². The van der Waals surface area contributed by atoms with Gasteiger partial charge in [0.25, 0.3) is 0 Å². The first-order valence-electron chi connectivity index (χ1n) is 9.00. The Hall–Kier alpha value is -2.98. The summed E-state index contributed by atoms with van der Waals surface area (Å²) in [6.07, 6.45) is 0. The number of aromatic nitrogens is 1. The zero-order chi connectivity index (χ0) is 19.5. The number of halogens is 1. The number of hydrogen-bond acceptors (Lipinski definition) is 3. The molecule has 0 fully saturated rings. The van der Waals surface area contributed by atoms with Crippen LogP contribution in [-0.2, 0) is 11.3 Å². The van der Waals surface area contributed by atoms with Gasteiger partial charge in [-0.3, -0.25) is 0 Å². The minimum absolute atomic E-state index is 0.225. The summed E-state index contributed by atoms with van der Waals surface area (Å²) in [7, 11) is 0. The number of carbonyl (C=O) groups excluding carboxylic acids is 1. The number of benzene rings is 3. The van der Waals surface area contributed by atoms with Gasteiger partial charge in [-0.2, -0.15) is 0 Å². The lowest BCUT2D eigenvalue weighted by atomic mass is 9.98. The summed E-state index contributed by atoms with van der Waals surface area (Å²) >= 11 is 3.41. The van der Waals surface area contributed by atoms with Crippen LogP contribution in [0.15, 0.2) is 83.3 Å². The molecule has 1 heterocycles. The maximum Gasteiger partial charge on any atom is 0.339 e. The number of esters is 1. The molecule has 0 radical (unpaired) electrons. The number of rotatable bonds is 4. The molecular formula is C24H18BrNO2. The summed E-state index contributed by atoms with van der Waals surface area (Å²) in [5, 5.41) is 0.806. The summed E-state index contributed by atoms with van der Waals surface area (Å²) < 4.78 is 6.64. The van der Waals surface area contributed by atoms with Gasteiger partial charge in [-0.15, -0.1) is 0 Å². The van der Waals surface area contributed by atoms with E-state index in [9.17, 15) is 4.79 Å². The largest absolute Gasteiger partial charge is 0.457 e. The molecule has 3 nitrogen and oxygen atoms in total. The van der Waals surface area contributed by atoms with Crippen molar-refractivity contribution in [3.05, 3.63) is 100 Å². The van der Waals surface area contributed by atoms with Crippen molar-refractivity contribution in [2.24, 2.45) is 0 Å². The standard InChI is InChI=1S/C24H18BrNO2/c1-16-22(24(27)28-15-17-11-13-19(25)14-12-17)20-9-5-6-10-21(20)26-23(16)18-7-3-2-4-8-18/h2-14H,15H2,1H3. The normalized spacial score (nSPS) is 10.8. The maximum atomic E-state index is 13.0. The molecule has 28 heavy (non-hydrogen) atoms. The van der Waals surface area contributed by atoms with Gasteiger partial charge in [-0.1, -0.05) is 76.6 Å². The van der Waals surface area contributed by atoms with E-state index in [1.54, 1.807) is 0 Å². The van der Waals surface area contributed by atoms with E-state index in [1.807, 2.05) is 85.8 Å². The molecule has 0 aliphatic heterocycles. The van der Waals surface area contributed by atoms with Crippen LogP contribution in [0.25, 0.3) is 22.2 Å². The van der Waals surface area contributed by atoms with Crippen LogP contribution in [0.1, 0.15) is 21.5 Å². The predicted octanol–water partition coefficient (Wildman–Crippen LogP) is 6.33. The average Bonchev–Trinajstić information content (AvgIpc) is 2.73. The van der Waals surface area contributed by atoms with Gasteiger partial charge in [0.2, 0.25) is 0 Å². The number of para-hydroxylation sites is 1. The highest BCUT2D eigenvalue weighted by Gasteiger charge is 2.20. The molecule has 0 unspecified atom stereocenters. The maximum absolute atomic E-state index is 13.0. The molecule has 0 aliphatic rings. The van der Waals surface area contributed by atoms with Gasteiger partial charge in [0.1, 0.15) is 6.61 Å². The van der Waals surface area contributed by atoms with E-state index in [2.05, 4.69) is 15.9 Å². The third-order valence-electron chi connectivity index (χ3n) is 4.67. The topological polar surface area (TPSA) is 39.2 Å². The van der Waals surface area contributed by atoms with Crippen molar-refractivity contribution in [3.63, 3.8) is 0 Å². The van der Waals surface area contributed by atoms with Crippen molar-refractivity contribution >= 4 is 32.8 Å². The van der Waals surface area contributed by atoms with Gasteiger partial charge in [-0.25, -0.2) is 9.78 Å². The van der Waals surface area contributed by atoms with E-state index < -0.39 is 0 Å². The fourth-order valence-corrected chi connectivity index (χ4v) is 3.51. The quantitative estimate of drug-likeness (QED) is 0.354. The van der Waals surface area contributed by atoms with Gasteiger partial charge in [-0.05, 0) is 36.2 Å². The van der Waals surface area contributed by atoms with E-state index in [0.29, 0.717) is 5.56 Å². The summed E-state index contributed by atoms with van der Waals surface area (Å²) in [6.45, 7) is 2.15. The SMILES string of the molecule is Cc1c(-c2ccccc2)nc2ccccc2c1C(=O)OCc1ccc(Br)cc1. The smallest absolute Gasteiger partial charge is 0.339 e. The lowest BCUT2D eigenvalue weighted by Gasteiger charge is -2.14. The number of fused-ring (bicyclic) bond motifs is 1. The van der Waals surface area contributed by atoms with E-state index in [-0.39, 0.29) is 12.6 Å². The number of pyridine rings is 1. The number of nitrogens with zero attached hydrogens (tertiary/aromatic N) is 1. The third kappa shape index (κ3) is 3.69. The van der Waals surface area contributed by atoms with Crippen molar-refractivity contribution in [1.29, 1.82) is 0 Å². The second-order valence-electron chi connectivity index (χ2n) is 6.55. The fraction of sp³-hybridized carbons (Fsp3) is 0.0833. The van der Waals surface area contributed by atoms with Crippen molar-refractivity contribution in [2.45, 2.75) is 13.5 Å². The van der Waals surface area contributed by atoms with Gasteiger partial charge in [0.05, 0.1) is 16.8 Å². The summed E-state index contributed by atoms with van der Waals surface area (Å²) in [5.41, 5.74) is 4.90. The van der Waals surface area contributed by atoms with Crippen LogP contribution >= 0.6 is 15.9 Å². The van der Waals surface area contributed by atoms with Gasteiger partial charge < -0.3 is 4.74 Å². The van der Waals surface area contributed by atoms with Crippen LogP contribution in [0.2, 0.25) is 0 Å². The molecule has 0 N–H and O–H groups in total. The van der Waals surface area contributed by atoms with Crippen molar-refractivity contribution in [3.8, 4) is 11.3 Å². The van der Waals surface area contributed by atoms with Crippen LogP contribution in [0.4, 0.5) is 0 Å². The number of ether oxygens (including phenoxy) is 1. The fourth-order valence-electron chi connectivity index (χ4n) is 3.25. The molecule has 3 aromatic carbocycles. The second kappa shape index (κ2) is 7.95. The van der Waals surface area contributed by atoms with E-state index in [4.69, 9.17) is 9.72 Å². The molecule has 0 bridgehead atoms. The molecule has 4 rings (SSSR count).